The standard InChI is InChI=1S/C6H11O5PS/c1-2-6(7)10-4-3-5-11-12(8,9)13/h2H,1,3-5H2,(H2,8,9,13). The first-order valence-corrected chi connectivity index (χ1v) is 6.07. The number of hydrogen-bond acceptors (Lipinski definition) is 4. The van der Waals surface area contributed by atoms with Crippen LogP contribution in [0.3, 0.4) is 0 Å². The Kier molecular flexibility index (Phi) is 6.11. The third kappa shape index (κ3) is 9.66. The van der Waals surface area contributed by atoms with Gasteiger partial charge in [0, 0.05) is 12.5 Å². The molecule has 0 amide bonds. The molecule has 0 spiro atoms. The Balaban J connectivity index is 3.32. The van der Waals surface area contributed by atoms with E-state index in [0.29, 0.717) is 6.42 Å². The molecule has 0 aromatic carbocycles. The minimum absolute atomic E-state index is 0.0503. The Bertz CT molecular complexity index is 223. The zero-order valence-electron chi connectivity index (χ0n) is 6.88. The van der Waals surface area contributed by atoms with E-state index >= 15 is 0 Å². The first kappa shape index (κ1) is 12.7. The molecule has 5 nitrogen and oxygen atoms in total. The van der Waals surface area contributed by atoms with Gasteiger partial charge in [0.1, 0.15) is 0 Å². The topological polar surface area (TPSA) is 76.0 Å². The van der Waals surface area contributed by atoms with Gasteiger partial charge >= 0.3 is 12.7 Å². The summed E-state index contributed by atoms with van der Waals surface area (Å²) < 4.78 is 9.05. The van der Waals surface area contributed by atoms with Crippen LogP contribution in [-0.4, -0.2) is 29.0 Å². The third-order valence-electron chi connectivity index (χ3n) is 0.959. The molecule has 0 atom stereocenters. The Morgan fingerprint density at radius 3 is 2.62 bits per heavy atom. The predicted octanol–water partition coefficient (Wildman–Crippen LogP) is 0.331. The molecule has 13 heavy (non-hydrogen) atoms. The smallest absolute Gasteiger partial charge is 0.330 e. The summed E-state index contributed by atoms with van der Waals surface area (Å²) in [7, 11) is 0. The maximum atomic E-state index is 10.5. The number of carbonyl (C=O) groups excluding carboxylic acids is 1. The Labute approximate surface area is 81.2 Å². The van der Waals surface area contributed by atoms with E-state index in [1.54, 1.807) is 0 Å². The number of carbonyl (C=O) groups is 1. The van der Waals surface area contributed by atoms with E-state index in [-0.39, 0.29) is 13.2 Å². The monoisotopic (exact) mass is 226 g/mol. The van der Waals surface area contributed by atoms with Crippen LogP contribution in [0.4, 0.5) is 0 Å². The van der Waals surface area contributed by atoms with Crippen molar-refractivity contribution in [2.75, 3.05) is 13.2 Å². The van der Waals surface area contributed by atoms with Gasteiger partial charge in [-0.25, -0.2) is 4.79 Å². The summed E-state index contributed by atoms with van der Waals surface area (Å²) in [6, 6.07) is 0. The highest BCUT2D eigenvalue weighted by atomic mass is 32.5. The van der Waals surface area contributed by atoms with Crippen molar-refractivity contribution < 1.29 is 23.8 Å². The van der Waals surface area contributed by atoms with Gasteiger partial charge < -0.3 is 19.0 Å². The number of esters is 1. The van der Waals surface area contributed by atoms with Gasteiger partial charge in [0.2, 0.25) is 0 Å². The molecular weight excluding hydrogens is 215 g/mol. The van der Waals surface area contributed by atoms with E-state index in [2.05, 4.69) is 27.6 Å². The van der Waals surface area contributed by atoms with E-state index in [1.165, 1.54) is 0 Å². The first-order chi connectivity index (χ1) is 5.95. The molecule has 76 valence electrons. The number of rotatable bonds is 6. The van der Waals surface area contributed by atoms with Gasteiger partial charge in [0.25, 0.3) is 0 Å². The van der Waals surface area contributed by atoms with Crippen LogP contribution in [-0.2, 0) is 25.9 Å². The molecule has 0 aliphatic carbocycles. The van der Waals surface area contributed by atoms with Crippen molar-refractivity contribution in [3.05, 3.63) is 12.7 Å². The van der Waals surface area contributed by atoms with Gasteiger partial charge in [-0.3, -0.25) is 0 Å². The van der Waals surface area contributed by atoms with E-state index in [0.717, 1.165) is 6.08 Å². The molecule has 0 saturated carbocycles. The Hall–Kier alpha value is -0.260. The van der Waals surface area contributed by atoms with Crippen LogP contribution in [0.5, 0.6) is 0 Å². The summed E-state index contributed by atoms with van der Waals surface area (Å²) in [4.78, 5) is 27.7. The second-order valence-corrected chi connectivity index (χ2v) is 4.72. The highest BCUT2D eigenvalue weighted by Gasteiger charge is 2.06. The van der Waals surface area contributed by atoms with Gasteiger partial charge in [-0.2, -0.15) is 0 Å². The molecule has 7 heteroatoms. The molecule has 0 saturated heterocycles. The lowest BCUT2D eigenvalue weighted by Crippen LogP contribution is -2.04. The quantitative estimate of drug-likeness (QED) is 0.294. The molecule has 0 aliphatic heterocycles. The number of ether oxygens (including phenoxy) is 1. The van der Waals surface area contributed by atoms with Gasteiger partial charge in [0.05, 0.1) is 13.2 Å². The van der Waals surface area contributed by atoms with E-state index in [4.69, 9.17) is 9.79 Å². The average Bonchev–Trinajstić information content (AvgIpc) is 2.01. The van der Waals surface area contributed by atoms with Crippen LogP contribution >= 0.6 is 6.72 Å². The molecule has 0 fully saturated rings. The summed E-state index contributed by atoms with van der Waals surface area (Å²) >= 11 is 4.18. The molecule has 0 heterocycles. The summed E-state index contributed by atoms with van der Waals surface area (Å²) in [5.74, 6) is -0.521. The van der Waals surface area contributed by atoms with Crippen LogP contribution in [0, 0.1) is 0 Å². The zero-order valence-corrected chi connectivity index (χ0v) is 8.59. The van der Waals surface area contributed by atoms with Crippen LogP contribution in [0.2, 0.25) is 0 Å². The van der Waals surface area contributed by atoms with Gasteiger partial charge in [-0.1, -0.05) is 6.58 Å². The Morgan fingerprint density at radius 2 is 2.15 bits per heavy atom. The van der Waals surface area contributed by atoms with Crippen LogP contribution in [0.1, 0.15) is 6.42 Å². The predicted molar refractivity (Wildman–Crippen MR) is 50.4 cm³/mol. The van der Waals surface area contributed by atoms with E-state index < -0.39 is 12.7 Å². The minimum Gasteiger partial charge on any atom is -0.462 e. The summed E-state index contributed by atoms with van der Waals surface area (Å²) in [5, 5.41) is 0. The summed E-state index contributed by atoms with van der Waals surface area (Å²) in [5.41, 5.74) is 0. The largest absolute Gasteiger partial charge is 0.462 e. The molecule has 0 rings (SSSR count). The van der Waals surface area contributed by atoms with Crippen LogP contribution in [0.15, 0.2) is 12.7 Å². The minimum atomic E-state index is -3.56. The summed E-state index contributed by atoms with van der Waals surface area (Å²) in [6.45, 7) is -0.173. The van der Waals surface area contributed by atoms with Crippen LogP contribution < -0.4 is 0 Å². The molecule has 0 radical (unpaired) electrons. The highest BCUT2D eigenvalue weighted by molar-refractivity contribution is 8.06. The second kappa shape index (κ2) is 6.23. The van der Waals surface area contributed by atoms with Crippen molar-refractivity contribution in [1.29, 1.82) is 0 Å². The van der Waals surface area contributed by atoms with Crippen molar-refractivity contribution in [3.63, 3.8) is 0 Å². The normalized spacial score (nSPS) is 10.9. The molecule has 0 aromatic heterocycles. The maximum absolute atomic E-state index is 10.5. The lowest BCUT2D eigenvalue weighted by molar-refractivity contribution is -0.137. The van der Waals surface area contributed by atoms with Crippen molar-refractivity contribution in [1.82, 2.24) is 0 Å². The lowest BCUT2D eigenvalue weighted by Gasteiger charge is -2.07. The first-order valence-electron chi connectivity index (χ1n) is 3.45. The van der Waals surface area contributed by atoms with Gasteiger partial charge in [0.15, 0.2) is 0 Å². The molecule has 0 aliphatic rings. The zero-order chi connectivity index (χ0) is 10.3. The fourth-order valence-electron chi connectivity index (χ4n) is 0.474. The molecule has 0 aromatic rings. The van der Waals surface area contributed by atoms with Crippen molar-refractivity contribution in [2.24, 2.45) is 0 Å². The summed E-state index contributed by atoms with van der Waals surface area (Å²) in [6.07, 6.45) is 1.41. The third-order valence-corrected chi connectivity index (χ3v) is 1.79. The molecule has 0 bridgehead atoms. The van der Waals surface area contributed by atoms with Crippen LogP contribution in [0.25, 0.3) is 0 Å². The fourth-order valence-corrected chi connectivity index (χ4v) is 1.06. The highest BCUT2D eigenvalue weighted by Crippen LogP contribution is 2.36. The lowest BCUT2D eigenvalue weighted by atomic mass is 10.5. The van der Waals surface area contributed by atoms with E-state index in [1.807, 2.05) is 0 Å². The number of hydrogen-bond donors (Lipinski definition) is 2. The van der Waals surface area contributed by atoms with Gasteiger partial charge in [-0.05, 0) is 11.8 Å². The van der Waals surface area contributed by atoms with Gasteiger partial charge in [-0.15, -0.1) is 0 Å². The molecule has 0 unspecified atom stereocenters. The van der Waals surface area contributed by atoms with Crippen molar-refractivity contribution in [3.8, 4) is 0 Å². The maximum Gasteiger partial charge on any atom is 0.330 e. The molecule has 2 N–H and O–H groups in total. The van der Waals surface area contributed by atoms with Crippen molar-refractivity contribution >= 4 is 24.5 Å². The second-order valence-electron chi connectivity index (χ2n) is 2.05. The fraction of sp³-hybridized carbons (Fsp3) is 0.500. The average molecular weight is 226 g/mol. The van der Waals surface area contributed by atoms with Crippen molar-refractivity contribution in [2.45, 2.75) is 6.42 Å². The Morgan fingerprint density at radius 1 is 1.54 bits per heavy atom. The SMILES string of the molecule is C=CC(=O)OCCCOP(O)(O)=S. The molecular formula is C6H11O5PS. The van der Waals surface area contributed by atoms with E-state index in [9.17, 15) is 4.79 Å².